The first kappa shape index (κ1) is 15.1. The lowest BCUT2D eigenvalue weighted by Gasteiger charge is -2.26. The molecule has 0 saturated carbocycles. The predicted octanol–water partition coefficient (Wildman–Crippen LogP) is 3.40. The highest BCUT2D eigenvalue weighted by atomic mass is 16.5. The third kappa shape index (κ3) is 2.65. The summed E-state index contributed by atoms with van der Waals surface area (Å²) in [5.41, 5.74) is 2.35. The van der Waals surface area contributed by atoms with E-state index in [-0.39, 0.29) is 11.9 Å². The number of nitrogens with one attached hydrogen (secondary N) is 1. The van der Waals surface area contributed by atoms with Crippen LogP contribution in [-0.2, 0) is 0 Å². The van der Waals surface area contributed by atoms with E-state index in [1.54, 1.807) is 25.3 Å². The van der Waals surface area contributed by atoms with E-state index >= 15 is 0 Å². The van der Waals surface area contributed by atoms with E-state index in [2.05, 4.69) is 10.2 Å². The maximum Gasteiger partial charge on any atom is 0.256 e. The van der Waals surface area contributed by atoms with E-state index in [9.17, 15) is 4.79 Å². The van der Waals surface area contributed by atoms with Crippen molar-refractivity contribution < 1.29 is 9.53 Å². The SMILES string of the molecule is COc1ccccc1[C@H](C)N(C)C(=O)c1cccc2cn[nH]c12. The molecule has 3 rings (SSSR count). The van der Waals surface area contributed by atoms with Gasteiger partial charge < -0.3 is 9.64 Å². The zero-order valence-electron chi connectivity index (χ0n) is 13.4. The van der Waals surface area contributed by atoms with Crippen LogP contribution < -0.4 is 4.74 Å². The van der Waals surface area contributed by atoms with Crippen molar-refractivity contribution in [1.82, 2.24) is 15.1 Å². The van der Waals surface area contributed by atoms with Gasteiger partial charge in [-0.1, -0.05) is 30.3 Å². The molecule has 5 heteroatoms. The normalized spacial score (nSPS) is 12.1. The smallest absolute Gasteiger partial charge is 0.256 e. The second-order valence-electron chi connectivity index (χ2n) is 5.47. The second kappa shape index (κ2) is 6.12. The van der Waals surface area contributed by atoms with Crippen molar-refractivity contribution in [2.45, 2.75) is 13.0 Å². The van der Waals surface area contributed by atoms with Crippen LogP contribution in [0.4, 0.5) is 0 Å². The number of fused-ring (bicyclic) bond motifs is 1. The van der Waals surface area contributed by atoms with Crippen molar-refractivity contribution in [2.75, 3.05) is 14.2 Å². The van der Waals surface area contributed by atoms with E-state index in [0.29, 0.717) is 5.56 Å². The van der Waals surface area contributed by atoms with Gasteiger partial charge in [0, 0.05) is 18.0 Å². The Labute approximate surface area is 134 Å². The van der Waals surface area contributed by atoms with Gasteiger partial charge in [-0.25, -0.2) is 0 Å². The van der Waals surface area contributed by atoms with Gasteiger partial charge >= 0.3 is 0 Å². The van der Waals surface area contributed by atoms with Crippen LogP contribution in [0.5, 0.6) is 5.75 Å². The summed E-state index contributed by atoms with van der Waals surface area (Å²) in [7, 11) is 3.44. The molecule has 1 aromatic heterocycles. The summed E-state index contributed by atoms with van der Waals surface area (Å²) in [5.74, 6) is 0.720. The zero-order valence-corrected chi connectivity index (χ0v) is 13.4. The molecular formula is C18H19N3O2. The molecule has 1 heterocycles. The van der Waals surface area contributed by atoms with E-state index in [1.165, 1.54) is 0 Å². The molecule has 5 nitrogen and oxygen atoms in total. The maximum absolute atomic E-state index is 12.9. The number of ether oxygens (including phenoxy) is 1. The van der Waals surface area contributed by atoms with E-state index in [0.717, 1.165) is 22.2 Å². The van der Waals surface area contributed by atoms with Crippen LogP contribution in [-0.4, -0.2) is 35.2 Å². The summed E-state index contributed by atoms with van der Waals surface area (Å²) in [5, 5.41) is 7.85. The molecule has 118 valence electrons. The van der Waals surface area contributed by atoms with Crippen molar-refractivity contribution >= 4 is 16.8 Å². The average molecular weight is 309 g/mol. The number of benzene rings is 2. The summed E-state index contributed by atoms with van der Waals surface area (Å²) >= 11 is 0. The van der Waals surface area contributed by atoms with E-state index in [4.69, 9.17) is 4.74 Å². The van der Waals surface area contributed by atoms with Crippen LogP contribution in [0.25, 0.3) is 10.9 Å². The molecule has 2 aromatic carbocycles. The van der Waals surface area contributed by atoms with Crippen LogP contribution in [0.15, 0.2) is 48.7 Å². The molecule has 23 heavy (non-hydrogen) atoms. The molecular weight excluding hydrogens is 290 g/mol. The fourth-order valence-corrected chi connectivity index (χ4v) is 2.73. The summed E-state index contributed by atoms with van der Waals surface area (Å²) < 4.78 is 5.41. The van der Waals surface area contributed by atoms with Gasteiger partial charge in [0.1, 0.15) is 5.75 Å². The summed E-state index contributed by atoms with van der Waals surface area (Å²) in [4.78, 5) is 14.6. The first-order chi connectivity index (χ1) is 11.1. The highest BCUT2D eigenvalue weighted by molar-refractivity contribution is 6.05. The molecule has 1 amide bonds. The van der Waals surface area contributed by atoms with Crippen LogP contribution in [0.1, 0.15) is 28.9 Å². The largest absolute Gasteiger partial charge is 0.496 e. The van der Waals surface area contributed by atoms with Crippen LogP contribution in [0, 0.1) is 0 Å². The van der Waals surface area contributed by atoms with Crippen LogP contribution in [0.3, 0.4) is 0 Å². The molecule has 0 fully saturated rings. The van der Waals surface area contributed by atoms with Gasteiger partial charge in [-0.2, -0.15) is 5.10 Å². The van der Waals surface area contributed by atoms with Gasteiger partial charge in [-0.3, -0.25) is 9.89 Å². The van der Waals surface area contributed by atoms with E-state index < -0.39 is 0 Å². The molecule has 0 unspecified atom stereocenters. The molecule has 0 radical (unpaired) electrons. The molecule has 1 N–H and O–H groups in total. The number of para-hydroxylation sites is 2. The first-order valence-corrected chi connectivity index (χ1v) is 7.45. The van der Waals surface area contributed by atoms with Crippen molar-refractivity contribution in [2.24, 2.45) is 0 Å². The fraction of sp³-hybridized carbons (Fsp3) is 0.222. The van der Waals surface area contributed by atoms with Crippen molar-refractivity contribution in [3.05, 3.63) is 59.8 Å². The Hall–Kier alpha value is -2.82. The minimum Gasteiger partial charge on any atom is -0.496 e. The second-order valence-corrected chi connectivity index (χ2v) is 5.47. The molecule has 0 aliphatic rings. The third-order valence-corrected chi connectivity index (χ3v) is 4.20. The Morgan fingerprint density at radius 1 is 1.22 bits per heavy atom. The van der Waals surface area contributed by atoms with Crippen molar-refractivity contribution in [3.63, 3.8) is 0 Å². The average Bonchev–Trinajstić information content (AvgIpc) is 3.08. The molecule has 0 spiro atoms. The number of carbonyl (C=O) groups is 1. The molecule has 0 aliphatic carbocycles. The highest BCUT2D eigenvalue weighted by Gasteiger charge is 2.23. The number of rotatable bonds is 4. The fourth-order valence-electron chi connectivity index (χ4n) is 2.73. The first-order valence-electron chi connectivity index (χ1n) is 7.45. The minimum atomic E-state index is -0.114. The zero-order chi connectivity index (χ0) is 16.4. The lowest BCUT2D eigenvalue weighted by molar-refractivity contribution is 0.0743. The number of H-pyrrole nitrogens is 1. The van der Waals surface area contributed by atoms with Gasteiger partial charge in [0.05, 0.1) is 30.4 Å². The number of aromatic nitrogens is 2. The monoisotopic (exact) mass is 309 g/mol. The molecule has 3 aromatic rings. The topological polar surface area (TPSA) is 58.2 Å². The number of methoxy groups -OCH3 is 1. The number of amides is 1. The summed E-state index contributed by atoms with van der Waals surface area (Å²) in [6, 6.07) is 13.2. The standard InChI is InChI=1S/C18H19N3O2/c1-12(14-8-4-5-10-16(14)23-3)21(2)18(22)15-9-6-7-13-11-19-20-17(13)15/h4-12H,1-3H3,(H,19,20)/t12-/m0/s1. The summed E-state index contributed by atoms with van der Waals surface area (Å²) in [6.07, 6.45) is 1.72. The Bertz CT molecular complexity index is 841. The van der Waals surface area contributed by atoms with Crippen molar-refractivity contribution in [1.29, 1.82) is 0 Å². The van der Waals surface area contributed by atoms with Crippen LogP contribution >= 0.6 is 0 Å². The number of nitrogens with zero attached hydrogens (tertiary/aromatic N) is 2. The van der Waals surface area contributed by atoms with Crippen molar-refractivity contribution in [3.8, 4) is 5.75 Å². The summed E-state index contributed by atoms with van der Waals surface area (Å²) in [6.45, 7) is 1.99. The quantitative estimate of drug-likeness (QED) is 0.803. The van der Waals surface area contributed by atoms with Gasteiger partial charge in [0.2, 0.25) is 0 Å². The van der Waals surface area contributed by atoms with Gasteiger partial charge in [0.25, 0.3) is 5.91 Å². The van der Waals surface area contributed by atoms with Crippen LogP contribution in [0.2, 0.25) is 0 Å². The van der Waals surface area contributed by atoms with Gasteiger partial charge in [-0.15, -0.1) is 0 Å². The van der Waals surface area contributed by atoms with Gasteiger partial charge in [-0.05, 0) is 19.1 Å². The number of hydrogen-bond acceptors (Lipinski definition) is 3. The molecule has 0 saturated heterocycles. The molecule has 1 atom stereocenters. The Kier molecular flexibility index (Phi) is 4.02. The molecule has 0 aliphatic heterocycles. The van der Waals surface area contributed by atoms with E-state index in [1.807, 2.05) is 49.4 Å². The lowest BCUT2D eigenvalue weighted by Crippen LogP contribution is -2.30. The maximum atomic E-state index is 12.9. The Morgan fingerprint density at radius 3 is 2.78 bits per heavy atom. The Morgan fingerprint density at radius 2 is 2.00 bits per heavy atom. The van der Waals surface area contributed by atoms with Gasteiger partial charge in [0.15, 0.2) is 0 Å². The number of carbonyl (C=O) groups excluding carboxylic acids is 1. The lowest BCUT2D eigenvalue weighted by atomic mass is 10.0. The Balaban J connectivity index is 1.94. The molecule has 0 bridgehead atoms. The minimum absolute atomic E-state index is 0.0572. The number of aromatic amines is 1. The predicted molar refractivity (Wildman–Crippen MR) is 89.6 cm³/mol. The highest BCUT2D eigenvalue weighted by Crippen LogP contribution is 2.29. The third-order valence-electron chi connectivity index (χ3n) is 4.20. The number of hydrogen-bond donors (Lipinski definition) is 1.